The Bertz CT molecular complexity index is 821. The third-order valence-electron chi connectivity index (χ3n) is 3.77. The van der Waals surface area contributed by atoms with Crippen LogP contribution in [-0.2, 0) is 13.1 Å². The first-order valence-electron chi connectivity index (χ1n) is 8.41. The average molecular weight is 394 g/mol. The van der Waals surface area contributed by atoms with Gasteiger partial charge in [0.05, 0.1) is 0 Å². The summed E-state index contributed by atoms with van der Waals surface area (Å²) in [6, 6.07) is 12.9. The summed E-state index contributed by atoms with van der Waals surface area (Å²) >= 11 is 0. The third kappa shape index (κ3) is 6.49. The number of halogens is 3. The molecule has 0 heterocycles. The fourth-order valence-electron chi connectivity index (χ4n) is 2.38. The molecule has 0 radical (unpaired) electrons. The van der Waals surface area contributed by atoms with Crippen LogP contribution in [0.3, 0.4) is 0 Å². The second-order valence-electron chi connectivity index (χ2n) is 5.71. The lowest BCUT2D eigenvalue weighted by molar-refractivity contribution is -0.274. The van der Waals surface area contributed by atoms with Crippen LogP contribution >= 0.6 is 0 Å². The summed E-state index contributed by atoms with van der Waals surface area (Å²) < 4.78 is 41.5. The molecule has 0 saturated carbocycles. The second kappa shape index (κ2) is 9.63. The number of alkyl halides is 3. The molecule has 6 nitrogen and oxygen atoms in total. The SMILES string of the molecule is CN=C(NCc1ccc(C(=O)NC)cc1)NCc1ccccc1OC(F)(F)F. The van der Waals surface area contributed by atoms with Gasteiger partial charge in [-0.05, 0) is 23.8 Å². The van der Waals surface area contributed by atoms with Gasteiger partial charge in [0.2, 0.25) is 0 Å². The molecule has 0 aromatic heterocycles. The van der Waals surface area contributed by atoms with Crippen molar-refractivity contribution in [3.63, 3.8) is 0 Å². The molecular weight excluding hydrogens is 373 g/mol. The molecule has 28 heavy (non-hydrogen) atoms. The average Bonchev–Trinajstić information content (AvgIpc) is 2.68. The van der Waals surface area contributed by atoms with Gasteiger partial charge in [-0.1, -0.05) is 30.3 Å². The quantitative estimate of drug-likeness (QED) is 0.520. The number of amides is 1. The van der Waals surface area contributed by atoms with Crippen LogP contribution in [0.25, 0.3) is 0 Å². The van der Waals surface area contributed by atoms with E-state index in [9.17, 15) is 18.0 Å². The number of hydrogen-bond acceptors (Lipinski definition) is 3. The van der Waals surface area contributed by atoms with E-state index in [-0.39, 0.29) is 18.2 Å². The number of benzene rings is 2. The van der Waals surface area contributed by atoms with Gasteiger partial charge in [-0.15, -0.1) is 13.2 Å². The maximum absolute atomic E-state index is 12.5. The van der Waals surface area contributed by atoms with E-state index >= 15 is 0 Å². The van der Waals surface area contributed by atoms with Crippen molar-refractivity contribution < 1.29 is 22.7 Å². The van der Waals surface area contributed by atoms with Crippen LogP contribution in [0.2, 0.25) is 0 Å². The lowest BCUT2D eigenvalue weighted by Gasteiger charge is -2.15. The van der Waals surface area contributed by atoms with Crippen molar-refractivity contribution >= 4 is 11.9 Å². The van der Waals surface area contributed by atoms with Gasteiger partial charge in [0, 0.05) is 38.3 Å². The maximum atomic E-state index is 12.5. The minimum atomic E-state index is -4.75. The highest BCUT2D eigenvalue weighted by Gasteiger charge is 2.31. The summed E-state index contributed by atoms with van der Waals surface area (Å²) in [7, 11) is 3.12. The van der Waals surface area contributed by atoms with Crippen molar-refractivity contribution in [2.75, 3.05) is 14.1 Å². The zero-order chi connectivity index (χ0) is 20.6. The number of carbonyl (C=O) groups excluding carboxylic acids is 1. The Labute approximate surface area is 160 Å². The predicted octanol–water partition coefficient (Wildman–Crippen LogP) is 2.81. The number of ether oxygens (including phenoxy) is 1. The molecule has 3 N–H and O–H groups in total. The van der Waals surface area contributed by atoms with Crippen molar-refractivity contribution in [3.05, 3.63) is 65.2 Å². The summed E-state index contributed by atoms with van der Waals surface area (Å²) in [6.45, 7) is 0.524. The third-order valence-corrected chi connectivity index (χ3v) is 3.77. The Kier molecular flexibility index (Phi) is 7.25. The number of para-hydroxylation sites is 1. The molecule has 0 aliphatic carbocycles. The van der Waals surface area contributed by atoms with Gasteiger partial charge >= 0.3 is 6.36 Å². The molecule has 1 amide bonds. The van der Waals surface area contributed by atoms with E-state index in [1.165, 1.54) is 12.1 Å². The molecule has 0 unspecified atom stereocenters. The molecule has 150 valence electrons. The highest BCUT2D eigenvalue weighted by Crippen LogP contribution is 2.26. The Balaban J connectivity index is 1.93. The molecule has 0 atom stereocenters. The summed E-state index contributed by atoms with van der Waals surface area (Å²) in [4.78, 5) is 15.6. The highest BCUT2D eigenvalue weighted by atomic mass is 19.4. The number of aliphatic imine (C=N–C) groups is 1. The van der Waals surface area contributed by atoms with Crippen molar-refractivity contribution in [1.29, 1.82) is 0 Å². The van der Waals surface area contributed by atoms with Crippen molar-refractivity contribution in [1.82, 2.24) is 16.0 Å². The zero-order valence-corrected chi connectivity index (χ0v) is 15.4. The van der Waals surface area contributed by atoms with Gasteiger partial charge in [-0.25, -0.2) is 0 Å². The van der Waals surface area contributed by atoms with E-state index in [4.69, 9.17) is 0 Å². The molecule has 2 aromatic rings. The topological polar surface area (TPSA) is 74.8 Å². The largest absolute Gasteiger partial charge is 0.573 e. The Hall–Kier alpha value is -3.23. The summed E-state index contributed by atoms with van der Waals surface area (Å²) in [5, 5.41) is 8.56. The van der Waals surface area contributed by atoms with Gasteiger partial charge in [0.25, 0.3) is 5.91 Å². The van der Waals surface area contributed by atoms with Crippen molar-refractivity contribution in [2.24, 2.45) is 4.99 Å². The van der Waals surface area contributed by atoms with Gasteiger partial charge < -0.3 is 20.7 Å². The Morgan fingerprint density at radius 3 is 2.29 bits per heavy atom. The van der Waals surface area contributed by atoms with Crippen LogP contribution in [-0.4, -0.2) is 32.3 Å². The molecule has 0 spiro atoms. The van der Waals surface area contributed by atoms with E-state index in [0.29, 0.717) is 23.6 Å². The van der Waals surface area contributed by atoms with E-state index in [1.54, 1.807) is 50.5 Å². The van der Waals surface area contributed by atoms with E-state index in [0.717, 1.165) is 5.56 Å². The first-order valence-corrected chi connectivity index (χ1v) is 8.41. The fourth-order valence-corrected chi connectivity index (χ4v) is 2.38. The predicted molar refractivity (Wildman–Crippen MR) is 100.0 cm³/mol. The molecule has 0 bridgehead atoms. The highest BCUT2D eigenvalue weighted by molar-refractivity contribution is 5.93. The lowest BCUT2D eigenvalue weighted by atomic mass is 10.1. The molecule has 9 heteroatoms. The number of nitrogens with one attached hydrogen (secondary N) is 3. The Morgan fingerprint density at radius 2 is 1.68 bits per heavy atom. The van der Waals surface area contributed by atoms with Crippen molar-refractivity contribution in [3.8, 4) is 5.75 Å². The molecule has 2 aromatic carbocycles. The monoisotopic (exact) mass is 394 g/mol. The molecule has 0 aliphatic rings. The van der Waals surface area contributed by atoms with Crippen LogP contribution in [0.4, 0.5) is 13.2 Å². The Morgan fingerprint density at radius 1 is 1.04 bits per heavy atom. The molecule has 2 rings (SSSR count). The minimum Gasteiger partial charge on any atom is -0.405 e. The lowest BCUT2D eigenvalue weighted by Crippen LogP contribution is -2.36. The summed E-state index contributed by atoms with van der Waals surface area (Å²) in [6.07, 6.45) is -4.75. The van der Waals surface area contributed by atoms with Crippen LogP contribution in [0, 0.1) is 0 Å². The van der Waals surface area contributed by atoms with Gasteiger partial charge in [0.1, 0.15) is 5.75 Å². The standard InChI is InChI=1S/C19H21F3N4O2/c1-23-17(27)14-9-7-13(8-10-14)11-25-18(24-2)26-12-15-5-3-4-6-16(15)28-19(20,21)22/h3-10H,11-12H2,1-2H3,(H,23,27)(H2,24,25,26). The number of hydrogen-bond donors (Lipinski definition) is 3. The van der Waals surface area contributed by atoms with E-state index in [2.05, 4.69) is 25.7 Å². The van der Waals surface area contributed by atoms with Crippen LogP contribution < -0.4 is 20.7 Å². The minimum absolute atomic E-state index is 0.0987. The maximum Gasteiger partial charge on any atom is 0.573 e. The van der Waals surface area contributed by atoms with E-state index < -0.39 is 6.36 Å². The molecule has 0 aliphatic heterocycles. The van der Waals surface area contributed by atoms with Crippen molar-refractivity contribution in [2.45, 2.75) is 19.5 Å². The van der Waals surface area contributed by atoms with Crippen LogP contribution in [0.5, 0.6) is 5.75 Å². The first kappa shape index (κ1) is 21.1. The van der Waals surface area contributed by atoms with Gasteiger partial charge in [0.15, 0.2) is 5.96 Å². The number of guanidine groups is 1. The first-order chi connectivity index (χ1) is 13.3. The number of carbonyl (C=O) groups is 1. The van der Waals surface area contributed by atoms with Gasteiger partial charge in [-0.2, -0.15) is 0 Å². The molecule has 0 saturated heterocycles. The number of nitrogens with zero attached hydrogens (tertiary/aromatic N) is 1. The second-order valence-corrected chi connectivity index (χ2v) is 5.71. The van der Waals surface area contributed by atoms with Gasteiger partial charge in [-0.3, -0.25) is 9.79 Å². The normalized spacial score (nSPS) is 11.7. The fraction of sp³-hybridized carbons (Fsp3) is 0.263. The summed E-state index contributed by atoms with van der Waals surface area (Å²) in [5.41, 5.74) is 1.81. The number of rotatable bonds is 6. The molecule has 0 fully saturated rings. The van der Waals surface area contributed by atoms with Crippen LogP contribution in [0.1, 0.15) is 21.5 Å². The summed E-state index contributed by atoms with van der Waals surface area (Å²) in [5.74, 6) is -0.0170. The molecular formula is C19H21F3N4O2. The smallest absolute Gasteiger partial charge is 0.405 e. The van der Waals surface area contributed by atoms with Crippen LogP contribution in [0.15, 0.2) is 53.5 Å². The van der Waals surface area contributed by atoms with E-state index in [1.807, 2.05) is 0 Å². The zero-order valence-electron chi connectivity index (χ0n) is 15.4.